The number of nitro groups is 1. The van der Waals surface area contributed by atoms with Crippen LogP contribution in [0, 0.1) is 17.0 Å². The predicted octanol–water partition coefficient (Wildman–Crippen LogP) is 2.88. The van der Waals surface area contributed by atoms with Gasteiger partial charge >= 0.3 is 11.7 Å². The summed E-state index contributed by atoms with van der Waals surface area (Å²) in [6.45, 7) is 2.50. The van der Waals surface area contributed by atoms with Gasteiger partial charge in [-0.3, -0.25) is 24.3 Å². The first-order chi connectivity index (χ1) is 15.8. The van der Waals surface area contributed by atoms with Crippen LogP contribution in [-0.2, 0) is 27.3 Å². The zero-order valence-electron chi connectivity index (χ0n) is 18.2. The third-order valence-electron chi connectivity index (χ3n) is 5.07. The Hall–Kier alpha value is -3.95. The summed E-state index contributed by atoms with van der Waals surface area (Å²) in [4.78, 5) is 46.1. The van der Waals surface area contributed by atoms with E-state index >= 15 is 0 Å². The zero-order chi connectivity index (χ0) is 23.8. The molecule has 2 aromatic carbocycles. The van der Waals surface area contributed by atoms with Crippen LogP contribution in [0.3, 0.4) is 0 Å². The highest BCUT2D eigenvalue weighted by Crippen LogP contribution is 2.20. The number of fused-ring (bicyclic) bond motifs is 1. The molecular weight excluding hydrogens is 430 g/mol. The summed E-state index contributed by atoms with van der Waals surface area (Å²) in [7, 11) is 0. The molecule has 0 unspecified atom stereocenters. The van der Waals surface area contributed by atoms with E-state index in [9.17, 15) is 24.5 Å². The highest BCUT2D eigenvalue weighted by Gasteiger charge is 2.14. The van der Waals surface area contributed by atoms with E-state index < -0.39 is 16.6 Å². The fraction of sp³-hybridized carbons (Fsp3) is 0.348. The van der Waals surface area contributed by atoms with Crippen molar-refractivity contribution in [2.45, 2.75) is 39.2 Å². The number of esters is 1. The molecule has 0 aliphatic heterocycles. The maximum Gasteiger partial charge on any atom is 0.419 e. The summed E-state index contributed by atoms with van der Waals surface area (Å²) in [6, 6.07) is 11.9. The van der Waals surface area contributed by atoms with Crippen molar-refractivity contribution < 1.29 is 23.7 Å². The van der Waals surface area contributed by atoms with Gasteiger partial charge in [0, 0.05) is 25.5 Å². The summed E-state index contributed by atoms with van der Waals surface area (Å²) in [5.41, 5.74) is 2.63. The van der Waals surface area contributed by atoms with Crippen LogP contribution in [0.25, 0.3) is 11.1 Å². The number of hydrogen-bond donors (Lipinski definition) is 1. The van der Waals surface area contributed by atoms with E-state index in [-0.39, 0.29) is 43.3 Å². The fourth-order valence-electron chi connectivity index (χ4n) is 3.29. The number of benzene rings is 2. The van der Waals surface area contributed by atoms with E-state index in [4.69, 9.17) is 9.15 Å². The lowest BCUT2D eigenvalue weighted by molar-refractivity contribution is -0.384. The summed E-state index contributed by atoms with van der Waals surface area (Å²) in [6.07, 6.45) is 1.40. The Labute approximate surface area is 189 Å². The molecule has 0 spiro atoms. The molecule has 10 nitrogen and oxygen atoms in total. The highest BCUT2D eigenvalue weighted by molar-refractivity contribution is 5.76. The highest BCUT2D eigenvalue weighted by atomic mass is 16.6. The van der Waals surface area contributed by atoms with Gasteiger partial charge in [-0.25, -0.2) is 4.79 Å². The van der Waals surface area contributed by atoms with Gasteiger partial charge in [-0.2, -0.15) is 0 Å². The van der Waals surface area contributed by atoms with E-state index in [0.717, 1.165) is 5.56 Å². The SMILES string of the molecule is Cc1ccc(CCC(=O)NCCOC(=O)CCCn2c(=O)oc3cc([N+](=O)[O-])ccc32)cc1. The number of non-ortho nitro benzene ring substituents is 1. The third kappa shape index (κ3) is 6.76. The predicted molar refractivity (Wildman–Crippen MR) is 120 cm³/mol. The quantitative estimate of drug-likeness (QED) is 0.203. The average molecular weight is 455 g/mol. The Morgan fingerprint density at radius 1 is 1.15 bits per heavy atom. The molecule has 0 atom stereocenters. The molecule has 33 heavy (non-hydrogen) atoms. The lowest BCUT2D eigenvalue weighted by atomic mass is 10.1. The molecule has 0 radical (unpaired) electrons. The molecule has 1 amide bonds. The van der Waals surface area contributed by atoms with Crippen LogP contribution < -0.4 is 11.1 Å². The average Bonchev–Trinajstić information content (AvgIpc) is 3.10. The van der Waals surface area contributed by atoms with E-state index in [1.807, 2.05) is 31.2 Å². The number of ether oxygens (including phenoxy) is 1. The van der Waals surface area contributed by atoms with Crippen molar-refractivity contribution in [3.63, 3.8) is 0 Å². The Balaban J connectivity index is 1.34. The number of carbonyl (C=O) groups excluding carboxylic acids is 2. The van der Waals surface area contributed by atoms with Gasteiger partial charge in [0.25, 0.3) is 5.69 Å². The van der Waals surface area contributed by atoms with Gasteiger partial charge in [0.15, 0.2) is 5.58 Å². The van der Waals surface area contributed by atoms with Crippen molar-refractivity contribution in [3.8, 4) is 0 Å². The van der Waals surface area contributed by atoms with Crippen LogP contribution in [0.1, 0.15) is 30.4 Å². The first kappa shape index (κ1) is 23.7. The van der Waals surface area contributed by atoms with Gasteiger partial charge in [-0.15, -0.1) is 0 Å². The molecule has 3 aromatic rings. The minimum Gasteiger partial charge on any atom is -0.464 e. The molecule has 0 saturated heterocycles. The molecular formula is C23H25N3O7. The molecule has 3 rings (SSSR count). The minimum atomic E-state index is -0.646. The summed E-state index contributed by atoms with van der Waals surface area (Å²) < 4.78 is 11.5. The van der Waals surface area contributed by atoms with Crippen molar-refractivity contribution in [3.05, 3.63) is 74.3 Å². The maximum atomic E-state index is 12.0. The Morgan fingerprint density at radius 2 is 1.91 bits per heavy atom. The number of nitro benzene ring substituents is 1. The van der Waals surface area contributed by atoms with Gasteiger partial charge < -0.3 is 14.5 Å². The number of nitrogens with one attached hydrogen (secondary N) is 1. The second kappa shape index (κ2) is 11.1. The van der Waals surface area contributed by atoms with Gasteiger partial charge in [0.1, 0.15) is 6.61 Å². The van der Waals surface area contributed by atoms with E-state index in [2.05, 4.69) is 5.32 Å². The third-order valence-corrected chi connectivity index (χ3v) is 5.07. The molecule has 1 heterocycles. The molecule has 174 valence electrons. The molecule has 0 aliphatic rings. The largest absolute Gasteiger partial charge is 0.464 e. The molecule has 1 N–H and O–H groups in total. The van der Waals surface area contributed by atoms with Crippen molar-refractivity contribution in [2.75, 3.05) is 13.2 Å². The smallest absolute Gasteiger partial charge is 0.419 e. The number of oxazole rings is 1. The molecule has 1 aromatic heterocycles. The normalized spacial score (nSPS) is 10.8. The van der Waals surface area contributed by atoms with Crippen LogP contribution in [-0.4, -0.2) is 34.5 Å². The summed E-state index contributed by atoms with van der Waals surface area (Å²) >= 11 is 0. The lowest BCUT2D eigenvalue weighted by Crippen LogP contribution is -2.28. The van der Waals surface area contributed by atoms with Gasteiger partial charge in [0.05, 0.1) is 23.1 Å². The number of carbonyl (C=O) groups is 2. The molecule has 0 aliphatic carbocycles. The fourth-order valence-corrected chi connectivity index (χ4v) is 3.29. The van der Waals surface area contributed by atoms with Crippen LogP contribution in [0.15, 0.2) is 51.7 Å². The number of aromatic nitrogens is 1. The zero-order valence-corrected chi connectivity index (χ0v) is 18.2. The number of amides is 1. The van der Waals surface area contributed by atoms with Crippen LogP contribution in [0.2, 0.25) is 0 Å². The lowest BCUT2D eigenvalue weighted by Gasteiger charge is -2.07. The molecule has 0 saturated carbocycles. The first-order valence-corrected chi connectivity index (χ1v) is 10.6. The van der Waals surface area contributed by atoms with E-state index in [1.54, 1.807) is 0 Å². The second-order valence-electron chi connectivity index (χ2n) is 7.59. The van der Waals surface area contributed by atoms with Crippen molar-refractivity contribution in [1.82, 2.24) is 9.88 Å². The first-order valence-electron chi connectivity index (χ1n) is 10.6. The number of rotatable bonds is 11. The molecule has 0 bridgehead atoms. The van der Waals surface area contributed by atoms with Crippen LogP contribution in [0.4, 0.5) is 5.69 Å². The van der Waals surface area contributed by atoms with E-state index in [1.165, 1.54) is 28.3 Å². The summed E-state index contributed by atoms with van der Waals surface area (Å²) in [5.74, 6) is -1.20. The van der Waals surface area contributed by atoms with Gasteiger partial charge in [0.2, 0.25) is 5.91 Å². The Morgan fingerprint density at radius 3 is 2.64 bits per heavy atom. The van der Waals surface area contributed by atoms with Crippen molar-refractivity contribution >= 4 is 28.7 Å². The van der Waals surface area contributed by atoms with Crippen LogP contribution >= 0.6 is 0 Å². The number of aryl methyl sites for hydroxylation is 3. The van der Waals surface area contributed by atoms with Crippen molar-refractivity contribution in [2.24, 2.45) is 0 Å². The Kier molecular flexibility index (Phi) is 7.96. The molecule has 10 heteroatoms. The number of nitrogens with zero attached hydrogens (tertiary/aromatic N) is 2. The van der Waals surface area contributed by atoms with Crippen molar-refractivity contribution in [1.29, 1.82) is 0 Å². The van der Waals surface area contributed by atoms with Gasteiger partial charge in [-0.05, 0) is 31.4 Å². The topological polar surface area (TPSA) is 134 Å². The molecule has 0 fully saturated rings. The number of hydrogen-bond acceptors (Lipinski definition) is 7. The van der Waals surface area contributed by atoms with Gasteiger partial charge in [-0.1, -0.05) is 29.8 Å². The standard InChI is InChI=1S/C23H25N3O7/c1-16-4-6-17(7-5-16)8-11-21(27)24-12-14-32-22(28)3-2-13-25-19-10-9-18(26(30)31)15-20(19)33-23(25)29/h4-7,9-10,15H,2-3,8,11-14H2,1H3,(H,24,27). The Bertz CT molecular complexity index is 1190. The second-order valence-corrected chi connectivity index (χ2v) is 7.59. The summed E-state index contributed by atoms with van der Waals surface area (Å²) in [5, 5.41) is 13.6. The minimum absolute atomic E-state index is 0.0629. The van der Waals surface area contributed by atoms with Crippen LogP contribution in [0.5, 0.6) is 0 Å². The maximum absolute atomic E-state index is 12.0. The van der Waals surface area contributed by atoms with E-state index in [0.29, 0.717) is 24.8 Å². The monoisotopic (exact) mass is 455 g/mol.